The van der Waals surface area contributed by atoms with Crippen LogP contribution in [0.2, 0.25) is 5.02 Å². The number of carbonyl (C=O) groups is 1. The van der Waals surface area contributed by atoms with E-state index in [2.05, 4.69) is 15.5 Å². The summed E-state index contributed by atoms with van der Waals surface area (Å²) < 4.78 is 7.37. The third kappa shape index (κ3) is 4.24. The first kappa shape index (κ1) is 17.6. The second-order valence-corrected chi connectivity index (χ2v) is 6.97. The Kier molecular flexibility index (Phi) is 5.45. The number of benzene rings is 1. The van der Waals surface area contributed by atoms with Crippen LogP contribution in [0.4, 0.5) is 5.69 Å². The molecule has 0 spiro atoms. The van der Waals surface area contributed by atoms with E-state index in [-0.39, 0.29) is 17.7 Å². The topological polar surface area (TPSA) is 73.0 Å². The minimum atomic E-state index is -0.120. The van der Waals surface area contributed by atoms with Crippen LogP contribution in [0, 0.1) is 0 Å². The van der Waals surface area contributed by atoms with Crippen molar-refractivity contribution in [3.8, 4) is 11.6 Å². The molecule has 0 aliphatic heterocycles. The normalized spacial score (nSPS) is 11.0. The quantitative estimate of drug-likeness (QED) is 0.641. The van der Waals surface area contributed by atoms with Crippen molar-refractivity contribution in [2.75, 3.05) is 11.1 Å². The van der Waals surface area contributed by atoms with E-state index in [9.17, 15) is 4.79 Å². The number of carbonyl (C=O) groups excluding carboxylic acids is 1. The molecular weight excluding hydrogens is 360 g/mol. The summed E-state index contributed by atoms with van der Waals surface area (Å²) in [6.45, 7) is 4.07. The average Bonchev–Trinajstić information content (AvgIpc) is 3.24. The van der Waals surface area contributed by atoms with E-state index in [1.165, 1.54) is 11.8 Å². The van der Waals surface area contributed by atoms with E-state index in [0.717, 1.165) is 0 Å². The van der Waals surface area contributed by atoms with Gasteiger partial charge in [-0.2, -0.15) is 0 Å². The fourth-order valence-corrected chi connectivity index (χ4v) is 3.27. The number of rotatable bonds is 6. The summed E-state index contributed by atoms with van der Waals surface area (Å²) in [5.41, 5.74) is 0.705. The average molecular weight is 377 g/mol. The highest BCUT2D eigenvalue weighted by molar-refractivity contribution is 7.99. The number of thioether (sulfide) groups is 1. The van der Waals surface area contributed by atoms with Crippen LogP contribution < -0.4 is 5.32 Å². The Morgan fingerprint density at radius 2 is 2.04 bits per heavy atom. The Labute approximate surface area is 154 Å². The van der Waals surface area contributed by atoms with Crippen LogP contribution in [0.3, 0.4) is 0 Å². The summed E-state index contributed by atoms with van der Waals surface area (Å²) in [6.07, 6.45) is 1.60. The van der Waals surface area contributed by atoms with E-state index in [1.54, 1.807) is 36.6 Å². The van der Waals surface area contributed by atoms with Gasteiger partial charge in [-0.05, 0) is 50.2 Å². The lowest BCUT2D eigenvalue weighted by atomic mass is 10.3. The molecule has 0 atom stereocenters. The van der Waals surface area contributed by atoms with Crippen LogP contribution in [0.5, 0.6) is 0 Å². The van der Waals surface area contributed by atoms with Gasteiger partial charge in [-0.3, -0.25) is 9.36 Å². The molecule has 1 N–H and O–H groups in total. The Bertz CT molecular complexity index is 844. The molecular formula is C17H17ClN4O2S. The summed E-state index contributed by atoms with van der Waals surface area (Å²) >= 11 is 7.17. The first-order valence-corrected chi connectivity index (χ1v) is 9.08. The number of nitrogens with zero attached hydrogens (tertiary/aromatic N) is 3. The molecule has 2 aromatic heterocycles. The zero-order chi connectivity index (χ0) is 17.8. The molecule has 0 bridgehead atoms. The van der Waals surface area contributed by atoms with Crippen molar-refractivity contribution in [3.05, 3.63) is 47.7 Å². The van der Waals surface area contributed by atoms with Crippen molar-refractivity contribution >= 4 is 35.0 Å². The van der Waals surface area contributed by atoms with Crippen molar-refractivity contribution in [2.45, 2.75) is 25.0 Å². The third-order valence-corrected chi connectivity index (χ3v) is 4.58. The molecule has 25 heavy (non-hydrogen) atoms. The second-order valence-electron chi connectivity index (χ2n) is 5.59. The molecule has 8 heteroatoms. The van der Waals surface area contributed by atoms with Crippen LogP contribution in [0.15, 0.2) is 52.2 Å². The highest BCUT2D eigenvalue weighted by atomic mass is 35.5. The van der Waals surface area contributed by atoms with Crippen LogP contribution in [0.25, 0.3) is 11.6 Å². The zero-order valence-corrected chi connectivity index (χ0v) is 15.3. The smallest absolute Gasteiger partial charge is 0.234 e. The van der Waals surface area contributed by atoms with Crippen LogP contribution in [-0.4, -0.2) is 26.4 Å². The van der Waals surface area contributed by atoms with Gasteiger partial charge in [0.05, 0.1) is 12.0 Å². The number of anilines is 1. The lowest BCUT2D eigenvalue weighted by molar-refractivity contribution is -0.113. The third-order valence-electron chi connectivity index (χ3n) is 3.38. The maximum Gasteiger partial charge on any atom is 0.234 e. The monoisotopic (exact) mass is 376 g/mol. The number of halogens is 1. The van der Waals surface area contributed by atoms with Gasteiger partial charge in [0.15, 0.2) is 10.9 Å². The van der Waals surface area contributed by atoms with Crippen LogP contribution >= 0.6 is 23.4 Å². The first-order valence-electron chi connectivity index (χ1n) is 7.71. The van der Waals surface area contributed by atoms with E-state index in [0.29, 0.717) is 27.5 Å². The number of hydrogen-bond acceptors (Lipinski definition) is 5. The van der Waals surface area contributed by atoms with Gasteiger partial charge >= 0.3 is 0 Å². The Morgan fingerprint density at radius 3 is 2.68 bits per heavy atom. The lowest BCUT2D eigenvalue weighted by Crippen LogP contribution is -2.15. The van der Waals surface area contributed by atoms with E-state index in [1.807, 2.05) is 24.5 Å². The van der Waals surface area contributed by atoms with Crippen LogP contribution in [0.1, 0.15) is 19.9 Å². The van der Waals surface area contributed by atoms with Crippen molar-refractivity contribution in [2.24, 2.45) is 0 Å². The van der Waals surface area contributed by atoms with Crippen molar-refractivity contribution in [3.63, 3.8) is 0 Å². The molecule has 130 valence electrons. The molecule has 0 saturated heterocycles. The molecule has 1 amide bonds. The number of hydrogen-bond donors (Lipinski definition) is 1. The Balaban J connectivity index is 1.68. The molecule has 0 fully saturated rings. The molecule has 1 aromatic carbocycles. The summed E-state index contributed by atoms with van der Waals surface area (Å²) in [6, 6.07) is 10.8. The summed E-state index contributed by atoms with van der Waals surface area (Å²) in [5, 5.41) is 12.5. The molecule has 6 nitrogen and oxygen atoms in total. The number of amides is 1. The van der Waals surface area contributed by atoms with Gasteiger partial charge in [0.2, 0.25) is 11.7 Å². The maximum absolute atomic E-state index is 12.1. The van der Waals surface area contributed by atoms with Gasteiger partial charge in [0, 0.05) is 16.8 Å². The van der Waals surface area contributed by atoms with Gasteiger partial charge in [0.25, 0.3) is 0 Å². The predicted octanol–water partition coefficient (Wildman–Crippen LogP) is 4.50. The lowest BCUT2D eigenvalue weighted by Gasteiger charge is -2.12. The van der Waals surface area contributed by atoms with Crippen LogP contribution in [-0.2, 0) is 4.79 Å². The van der Waals surface area contributed by atoms with E-state index >= 15 is 0 Å². The molecule has 3 rings (SSSR count). The number of nitrogens with one attached hydrogen (secondary N) is 1. The highest BCUT2D eigenvalue weighted by Crippen LogP contribution is 2.28. The van der Waals surface area contributed by atoms with Gasteiger partial charge in [0.1, 0.15) is 0 Å². The Morgan fingerprint density at radius 1 is 1.28 bits per heavy atom. The summed E-state index contributed by atoms with van der Waals surface area (Å²) in [5.74, 6) is 1.41. The molecule has 0 radical (unpaired) electrons. The molecule has 0 aliphatic carbocycles. The molecule has 0 aliphatic rings. The minimum absolute atomic E-state index is 0.120. The SMILES string of the molecule is CC(C)n1c(SCC(=O)Nc2ccc(Cl)cc2)nnc1-c1ccco1. The van der Waals surface area contributed by atoms with Gasteiger partial charge < -0.3 is 9.73 Å². The van der Waals surface area contributed by atoms with Crippen molar-refractivity contribution in [1.29, 1.82) is 0 Å². The fraction of sp³-hybridized carbons (Fsp3) is 0.235. The largest absolute Gasteiger partial charge is 0.461 e. The van der Waals surface area contributed by atoms with Gasteiger partial charge in [-0.1, -0.05) is 23.4 Å². The van der Waals surface area contributed by atoms with Gasteiger partial charge in [-0.25, -0.2) is 0 Å². The molecule has 0 unspecified atom stereocenters. The number of aromatic nitrogens is 3. The van der Waals surface area contributed by atoms with E-state index in [4.69, 9.17) is 16.0 Å². The van der Waals surface area contributed by atoms with Crippen molar-refractivity contribution < 1.29 is 9.21 Å². The van der Waals surface area contributed by atoms with Crippen molar-refractivity contribution in [1.82, 2.24) is 14.8 Å². The molecule has 2 heterocycles. The van der Waals surface area contributed by atoms with Gasteiger partial charge in [-0.15, -0.1) is 10.2 Å². The minimum Gasteiger partial charge on any atom is -0.461 e. The zero-order valence-electron chi connectivity index (χ0n) is 13.8. The maximum atomic E-state index is 12.1. The highest BCUT2D eigenvalue weighted by Gasteiger charge is 2.19. The summed E-state index contributed by atoms with van der Waals surface area (Å²) in [7, 11) is 0. The fourth-order valence-electron chi connectivity index (χ4n) is 2.28. The summed E-state index contributed by atoms with van der Waals surface area (Å²) in [4.78, 5) is 12.1. The molecule has 0 saturated carbocycles. The number of furan rings is 1. The molecule has 3 aromatic rings. The first-order chi connectivity index (χ1) is 12.0. The second kappa shape index (κ2) is 7.76. The standard InChI is InChI=1S/C17H17ClN4O2S/c1-11(2)22-16(14-4-3-9-24-14)20-21-17(22)25-10-15(23)19-13-7-5-12(18)6-8-13/h3-9,11H,10H2,1-2H3,(H,19,23). The Hall–Kier alpha value is -2.25. The predicted molar refractivity (Wildman–Crippen MR) is 98.9 cm³/mol. The van der Waals surface area contributed by atoms with E-state index < -0.39 is 0 Å².